The Hall–Kier alpha value is -1.59. The van der Waals surface area contributed by atoms with Gasteiger partial charge in [0.25, 0.3) is 0 Å². The molecule has 0 N–H and O–H groups in total. The summed E-state index contributed by atoms with van der Waals surface area (Å²) in [5.74, 6) is 0. The molecule has 1 rings (SSSR count). The van der Waals surface area contributed by atoms with Crippen molar-refractivity contribution in [2.45, 2.75) is 70.9 Å². The van der Waals surface area contributed by atoms with E-state index in [0.29, 0.717) is 0 Å². The highest BCUT2D eigenvalue weighted by atomic mass is 15.1. The number of nitriles is 1. The SMILES string of the molecule is C=CCN(Cc1ccccc1)C(C#N)CCCCCCCCC. The van der Waals surface area contributed by atoms with Crippen molar-refractivity contribution in [3.8, 4) is 6.07 Å². The van der Waals surface area contributed by atoms with Gasteiger partial charge < -0.3 is 0 Å². The first-order valence-electron chi connectivity index (χ1n) is 9.10. The molecular weight excluding hydrogens is 280 g/mol. The Morgan fingerprint density at radius 3 is 2.35 bits per heavy atom. The van der Waals surface area contributed by atoms with E-state index in [-0.39, 0.29) is 6.04 Å². The lowest BCUT2D eigenvalue weighted by Gasteiger charge is -2.26. The molecule has 23 heavy (non-hydrogen) atoms. The van der Waals surface area contributed by atoms with E-state index in [9.17, 15) is 5.26 Å². The second-order valence-corrected chi connectivity index (χ2v) is 6.26. The molecule has 0 aromatic heterocycles. The molecule has 2 heteroatoms. The van der Waals surface area contributed by atoms with Crippen molar-refractivity contribution in [1.82, 2.24) is 4.90 Å². The summed E-state index contributed by atoms with van der Waals surface area (Å²) in [5, 5.41) is 9.55. The highest BCUT2D eigenvalue weighted by molar-refractivity contribution is 5.15. The Bertz CT molecular complexity index is 447. The maximum atomic E-state index is 9.55. The van der Waals surface area contributed by atoms with Crippen molar-refractivity contribution in [1.29, 1.82) is 5.26 Å². The zero-order valence-electron chi connectivity index (χ0n) is 14.7. The lowest BCUT2D eigenvalue weighted by molar-refractivity contribution is 0.236. The fourth-order valence-corrected chi connectivity index (χ4v) is 2.91. The summed E-state index contributed by atoms with van der Waals surface area (Å²) in [6, 6.07) is 12.9. The Kier molecular flexibility index (Phi) is 10.9. The summed E-state index contributed by atoms with van der Waals surface area (Å²) in [6.07, 6.45) is 11.9. The van der Waals surface area contributed by atoms with E-state index >= 15 is 0 Å². The third-order valence-corrected chi connectivity index (χ3v) is 4.26. The van der Waals surface area contributed by atoms with Gasteiger partial charge in [-0.25, -0.2) is 0 Å². The molecule has 0 heterocycles. The van der Waals surface area contributed by atoms with Crippen LogP contribution in [-0.2, 0) is 6.54 Å². The minimum Gasteiger partial charge on any atom is -0.280 e. The molecule has 2 nitrogen and oxygen atoms in total. The smallest absolute Gasteiger partial charge is 0.0983 e. The molecule has 1 aromatic carbocycles. The quantitative estimate of drug-likeness (QED) is 0.345. The molecule has 0 aliphatic rings. The topological polar surface area (TPSA) is 27.0 Å². The van der Waals surface area contributed by atoms with Crippen LogP contribution in [0.4, 0.5) is 0 Å². The van der Waals surface area contributed by atoms with Gasteiger partial charge in [0.1, 0.15) is 0 Å². The van der Waals surface area contributed by atoms with Gasteiger partial charge in [0, 0.05) is 13.1 Å². The van der Waals surface area contributed by atoms with E-state index < -0.39 is 0 Å². The first kappa shape index (κ1) is 19.5. The molecule has 1 unspecified atom stereocenters. The number of hydrogen-bond acceptors (Lipinski definition) is 2. The van der Waals surface area contributed by atoms with Crippen LogP contribution in [0, 0.1) is 11.3 Å². The zero-order valence-corrected chi connectivity index (χ0v) is 14.7. The molecule has 0 fully saturated rings. The van der Waals surface area contributed by atoms with Crippen molar-refractivity contribution >= 4 is 0 Å². The van der Waals surface area contributed by atoms with Gasteiger partial charge in [-0.1, -0.05) is 88.3 Å². The Morgan fingerprint density at radius 1 is 1.09 bits per heavy atom. The van der Waals surface area contributed by atoms with Crippen molar-refractivity contribution < 1.29 is 0 Å². The molecule has 0 aliphatic heterocycles. The van der Waals surface area contributed by atoms with E-state index in [1.54, 1.807) is 0 Å². The fourth-order valence-electron chi connectivity index (χ4n) is 2.91. The van der Waals surface area contributed by atoms with E-state index in [0.717, 1.165) is 25.9 Å². The van der Waals surface area contributed by atoms with Gasteiger partial charge in [-0.3, -0.25) is 4.90 Å². The van der Waals surface area contributed by atoms with Crippen LogP contribution < -0.4 is 0 Å². The lowest BCUT2D eigenvalue weighted by Crippen LogP contribution is -2.34. The zero-order chi connectivity index (χ0) is 16.8. The molecule has 1 aromatic rings. The number of nitrogens with zero attached hydrogens (tertiary/aromatic N) is 2. The first-order valence-corrected chi connectivity index (χ1v) is 9.10. The molecule has 126 valence electrons. The Balaban J connectivity index is 2.38. The molecule has 0 aliphatic carbocycles. The minimum atomic E-state index is -0.0103. The first-order chi connectivity index (χ1) is 11.3. The van der Waals surface area contributed by atoms with Crippen LogP contribution in [0.2, 0.25) is 0 Å². The summed E-state index contributed by atoms with van der Waals surface area (Å²) in [5.41, 5.74) is 1.26. The summed E-state index contributed by atoms with van der Waals surface area (Å²) >= 11 is 0. The monoisotopic (exact) mass is 312 g/mol. The molecule has 1 atom stereocenters. The number of benzene rings is 1. The number of unbranched alkanes of at least 4 members (excludes halogenated alkanes) is 6. The molecule has 0 saturated heterocycles. The van der Waals surface area contributed by atoms with Crippen LogP contribution in [0.25, 0.3) is 0 Å². The third kappa shape index (κ3) is 8.57. The second kappa shape index (κ2) is 12.9. The summed E-state index contributed by atoms with van der Waals surface area (Å²) < 4.78 is 0. The maximum absolute atomic E-state index is 9.55. The van der Waals surface area contributed by atoms with Gasteiger partial charge in [-0.05, 0) is 12.0 Å². The van der Waals surface area contributed by atoms with Crippen molar-refractivity contribution in [2.75, 3.05) is 6.54 Å². The Morgan fingerprint density at radius 2 is 1.74 bits per heavy atom. The molecule has 0 radical (unpaired) electrons. The van der Waals surface area contributed by atoms with Gasteiger partial charge in [0.05, 0.1) is 12.1 Å². The predicted octanol–water partition coefficient (Wildman–Crippen LogP) is 5.71. The van der Waals surface area contributed by atoms with Gasteiger partial charge in [-0.2, -0.15) is 5.26 Å². The maximum Gasteiger partial charge on any atom is 0.0983 e. The van der Waals surface area contributed by atoms with E-state index in [4.69, 9.17) is 0 Å². The Labute approximate surface area is 142 Å². The van der Waals surface area contributed by atoms with Crippen molar-refractivity contribution in [3.63, 3.8) is 0 Å². The molecule has 0 bridgehead atoms. The highest BCUT2D eigenvalue weighted by Crippen LogP contribution is 2.15. The van der Waals surface area contributed by atoms with Gasteiger partial charge in [0.15, 0.2) is 0 Å². The summed E-state index contributed by atoms with van der Waals surface area (Å²) in [6.45, 7) is 7.68. The summed E-state index contributed by atoms with van der Waals surface area (Å²) in [7, 11) is 0. The molecule has 0 spiro atoms. The van der Waals surface area contributed by atoms with E-state index in [2.05, 4.69) is 48.7 Å². The van der Waals surface area contributed by atoms with Crippen LogP contribution in [0.1, 0.15) is 63.9 Å². The van der Waals surface area contributed by atoms with Crippen molar-refractivity contribution in [2.24, 2.45) is 0 Å². The number of hydrogen-bond donors (Lipinski definition) is 0. The van der Waals surface area contributed by atoms with Crippen molar-refractivity contribution in [3.05, 3.63) is 48.6 Å². The largest absolute Gasteiger partial charge is 0.280 e. The van der Waals surface area contributed by atoms with Gasteiger partial charge in [0.2, 0.25) is 0 Å². The van der Waals surface area contributed by atoms with Gasteiger partial charge in [-0.15, -0.1) is 6.58 Å². The molecule has 0 amide bonds. The molecule has 0 saturated carbocycles. The minimum absolute atomic E-state index is 0.0103. The van der Waals surface area contributed by atoms with Crippen LogP contribution >= 0.6 is 0 Å². The van der Waals surface area contributed by atoms with Crippen LogP contribution in [0.15, 0.2) is 43.0 Å². The average molecular weight is 313 g/mol. The third-order valence-electron chi connectivity index (χ3n) is 4.26. The predicted molar refractivity (Wildman–Crippen MR) is 99.1 cm³/mol. The number of rotatable bonds is 13. The second-order valence-electron chi connectivity index (χ2n) is 6.26. The molecular formula is C21H32N2. The van der Waals surface area contributed by atoms with Crippen LogP contribution in [0.5, 0.6) is 0 Å². The average Bonchev–Trinajstić information content (AvgIpc) is 2.58. The fraction of sp³-hybridized carbons (Fsp3) is 0.571. The van der Waals surface area contributed by atoms with Gasteiger partial charge >= 0.3 is 0 Å². The van der Waals surface area contributed by atoms with E-state index in [1.165, 1.54) is 44.1 Å². The van der Waals surface area contributed by atoms with Crippen LogP contribution in [0.3, 0.4) is 0 Å². The standard InChI is InChI=1S/C21H32N2/c1-3-5-6-7-8-9-13-16-21(18-22)23(17-4-2)19-20-14-11-10-12-15-20/h4,10-12,14-15,21H,2-3,5-9,13,16-17,19H2,1H3. The normalized spacial score (nSPS) is 12.0. The lowest BCUT2D eigenvalue weighted by atomic mass is 10.0. The van der Waals surface area contributed by atoms with Crippen LogP contribution in [-0.4, -0.2) is 17.5 Å². The van der Waals surface area contributed by atoms with E-state index in [1.807, 2.05) is 12.1 Å². The summed E-state index contributed by atoms with van der Waals surface area (Å²) in [4.78, 5) is 2.24. The highest BCUT2D eigenvalue weighted by Gasteiger charge is 2.16.